The second kappa shape index (κ2) is 7.84. The standard InChI is InChI=1S/C18H24N3O5P/c1-11-7-14(8-15(24-4)17(11)22)16(27(23)25-5-6-26-27)10-20-18-13(3)21-12(2)9-19-18/h7-9,16,22H,5-6,10H2,1-4H3,(H,19,20). The summed E-state index contributed by atoms with van der Waals surface area (Å²) in [5, 5.41) is 13.3. The summed E-state index contributed by atoms with van der Waals surface area (Å²) >= 11 is 0. The predicted molar refractivity (Wildman–Crippen MR) is 102 cm³/mol. The molecule has 2 heterocycles. The van der Waals surface area contributed by atoms with E-state index in [2.05, 4.69) is 15.3 Å². The number of hydrogen-bond donors (Lipinski definition) is 2. The van der Waals surface area contributed by atoms with Crippen LogP contribution in [-0.4, -0.2) is 41.9 Å². The largest absolute Gasteiger partial charge is 0.504 e. The first kappa shape index (κ1) is 19.6. The fourth-order valence-corrected chi connectivity index (χ4v) is 4.97. The smallest absolute Gasteiger partial charge is 0.340 e. The second-order valence-corrected chi connectivity index (χ2v) is 8.66. The molecule has 2 aromatic rings. The predicted octanol–water partition coefficient (Wildman–Crippen LogP) is 3.51. The molecular weight excluding hydrogens is 369 g/mol. The normalized spacial score (nSPS) is 16.9. The van der Waals surface area contributed by atoms with E-state index in [0.29, 0.717) is 22.7 Å². The molecule has 3 rings (SSSR count). The lowest BCUT2D eigenvalue weighted by Crippen LogP contribution is -2.16. The third-order valence-electron chi connectivity index (χ3n) is 4.43. The molecule has 0 saturated carbocycles. The monoisotopic (exact) mass is 393 g/mol. The lowest BCUT2D eigenvalue weighted by atomic mass is 10.1. The molecular formula is C18H24N3O5P. The molecule has 0 bridgehead atoms. The summed E-state index contributed by atoms with van der Waals surface area (Å²) in [5.41, 5.74) is 2.29. The maximum Gasteiger partial charge on any atom is 0.340 e. The van der Waals surface area contributed by atoms with Crippen molar-refractivity contribution in [1.82, 2.24) is 9.97 Å². The molecule has 1 fully saturated rings. The zero-order valence-electron chi connectivity index (χ0n) is 15.9. The van der Waals surface area contributed by atoms with Gasteiger partial charge >= 0.3 is 7.60 Å². The van der Waals surface area contributed by atoms with Gasteiger partial charge in [0.1, 0.15) is 11.5 Å². The van der Waals surface area contributed by atoms with E-state index in [-0.39, 0.29) is 25.5 Å². The van der Waals surface area contributed by atoms with E-state index < -0.39 is 13.3 Å². The fourth-order valence-electron chi connectivity index (χ4n) is 3.05. The molecule has 1 atom stereocenters. The quantitative estimate of drug-likeness (QED) is 0.719. The number of phenols is 1. The van der Waals surface area contributed by atoms with Crippen molar-refractivity contribution >= 4 is 13.4 Å². The maximum absolute atomic E-state index is 13.2. The van der Waals surface area contributed by atoms with Crippen molar-refractivity contribution in [2.24, 2.45) is 0 Å². The Hall–Kier alpha value is -2.15. The van der Waals surface area contributed by atoms with Gasteiger partial charge in [-0.25, -0.2) is 4.98 Å². The van der Waals surface area contributed by atoms with Crippen molar-refractivity contribution in [3.05, 3.63) is 40.8 Å². The average Bonchev–Trinajstić information content (AvgIpc) is 3.07. The number of anilines is 1. The minimum atomic E-state index is -3.38. The minimum absolute atomic E-state index is 0.0553. The Bertz CT molecular complexity index is 880. The number of methoxy groups -OCH3 is 1. The number of aromatic nitrogens is 2. The first-order valence-corrected chi connectivity index (χ1v) is 10.3. The van der Waals surface area contributed by atoms with E-state index in [0.717, 1.165) is 11.4 Å². The SMILES string of the molecule is COc1cc(C(CNc2ncc(C)nc2C)P2(=O)OCCO2)cc(C)c1O. The van der Waals surface area contributed by atoms with Crippen LogP contribution in [0.5, 0.6) is 11.5 Å². The van der Waals surface area contributed by atoms with Gasteiger partial charge in [-0.1, -0.05) is 6.07 Å². The van der Waals surface area contributed by atoms with Gasteiger partial charge < -0.3 is 24.2 Å². The molecule has 1 unspecified atom stereocenters. The Kier molecular flexibility index (Phi) is 5.69. The van der Waals surface area contributed by atoms with Crippen molar-refractivity contribution in [3.63, 3.8) is 0 Å². The van der Waals surface area contributed by atoms with Gasteiger partial charge in [0.2, 0.25) is 0 Å². The van der Waals surface area contributed by atoms with Crippen LogP contribution in [0.3, 0.4) is 0 Å². The highest BCUT2D eigenvalue weighted by atomic mass is 31.2. The number of phenolic OH excluding ortho intramolecular Hbond substituents is 1. The first-order chi connectivity index (χ1) is 12.8. The summed E-state index contributed by atoms with van der Waals surface area (Å²) < 4.78 is 29.5. The molecule has 1 aromatic heterocycles. The van der Waals surface area contributed by atoms with Crippen LogP contribution in [-0.2, 0) is 13.6 Å². The summed E-state index contributed by atoms with van der Waals surface area (Å²) in [6, 6.07) is 3.43. The number of ether oxygens (including phenoxy) is 1. The number of benzene rings is 1. The molecule has 8 nitrogen and oxygen atoms in total. The summed E-state index contributed by atoms with van der Waals surface area (Å²) in [5.74, 6) is 0.978. The molecule has 2 N–H and O–H groups in total. The Morgan fingerprint density at radius 3 is 2.63 bits per heavy atom. The van der Waals surface area contributed by atoms with E-state index >= 15 is 0 Å². The van der Waals surface area contributed by atoms with Gasteiger partial charge in [0.25, 0.3) is 0 Å². The minimum Gasteiger partial charge on any atom is -0.504 e. The average molecular weight is 393 g/mol. The van der Waals surface area contributed by atoms with E-state index in [1.54, 1.807) is 25.3 Å². The number of rotatable bonds is 6. The highest BCUT2D eigenvalue weighted by Gasteiger charge is 2.41. The highest BCUT2D eigenvalue weighted by molar-refractivity contribution is 7.54. The van der Waals surface area contributed by atoms with Crippen LogP contribution >= 0.6 is 7.60 Å². The van der Waals surface area contributed by atoms with Gasteiger partial charge in [0.15, 0.2) is 11.5 Å². The second-order valence-electron chi connectivity index (χ2n) is 6.44. The Morgan fingerprint density at radius 1 is 1.30 bits per heavy atom. The third-order valence-corrected chi connectivity index (χ3v) is 6.76. The zero-order valence-corrected chi connectivity index (χ0v) is 16.7. The number of aromatic hydroxyl groups is 1. The fraction of sp³-hybridized carbons (Fsp3) is 0.444. The van der Waals surface area contributed by atoms with E-state index in [9.17, 15) is 9.67 Å². The molecule has 9 heteroatoms. The Balaban J connectivity index is 1.95. The van der Waals surface area contributed by atoms with Crippen LogP contribution in [0.15, 0.2) is 18.3 Å². The van der Waals surface area contributed by atoms with Crippen LogP contribution in [0, 0.1) is 20.8 Å². The van der Waals surface area contributed by atoms with Gasteiger partial charge in [-0.2, -0.15) is 0 Å². The number of hydrogen-bond acceptors (Lipinski definition) is 8. The molecule has 1 aliphatic rings. The van der Waals surface area contributed by atoms with Gasteiger partial charge in [0, 0.05) is 6.54 Å². The van der Waals surface area contributed by atoms with E-state index in [1.165, 1.54) is 7.11 Å². The first-order valence-electron chi connectivity index (χ1n) is 8.64. The molecule has 0 aliphatic carbocycles. The summed E-state index contributed by atoms with van der Waals surface area (Å²) in [6.07, 6.45) is 1.67. The molecule has 0 spiro atoms. The van der Waals surface area contributed by atoms with Gasteiger partial charge in [-0.3, -0.25) is 9.55 Å². The lowest BCUT2D eigenvalue weighted by Gasteiger charge is -2.24. The molecule has 0 radical (unpaired) electrons. The number of aryl methyl sites for hydroxylation is 3. The van der Waals surface area contributed by atoms with Crippen LogP contribution in [0.2, 0.25) is 0 Å². The summed E-state index contributed by atoms with van der Waals surface area (Å²) in [4.78, 5) is 8.73. The van der Waals surface area contributed by atoms with Crippen molar-refractivity contribution in [2.45, 2.75) is 26.4 Å². The maximum atomic E-state index is 13.2. The molecule has 0 amide bonds. The summed E-state index contributed by atoms with van der Waals surface area (Å²) in [6.45, 7) is 6.32. The van der Waals surface area contributed by atoms with Crippen molar-refractivity contribution < 1.29 is 23.5 Å². The number of nitrogens with one attached hydrogen (secondary N) is 1. The molecule has 1 saturated heterocycles. The van der Waals surface area contributed by atoms with Crippen LogP contribution in [0.25, 0.3) is 0 Å². The van der Waals surface area contributed by atoms with E-state index in [4.69, 9.17) is 13.8 Å². The topological polar surface area (TPSA) is 103 Å². The molecule has 1 aliphatic heterocycles. The van der Waals surface area contributed by atoms with Crippen molar-refractivity contribution in [2.75, 3.05) is 32.2 Å². The molecule has 27 heavy (non-hydrogen) atoms. The van der Waals surface area contributed by atoms with Crippen LogP contribution in [0.1, 0.15) is 28.2 Å². The van der Waals surface area contributed by atoms with E-state index in [1.807, 2.05) is 13.8 Å². The third kappa shape index (κ3) is 4.08. The van der Waals surface area contributed by atoms with Gasteiger partial charge in [-0.05, 0) is 38.0 Å². The summed E-state index contributed by atoms with van der Waals surface area (Å²) in [7, 11) is -1.90. The zero-order chi connectivity index (χ0) is 19.6. The van der Waals surface area contributed by atoms with Crippen molar-refractivity contribution in [3.8, 4) is 11.5 Å². The van der Waals surface area contributed by atoms with Gasteiger partial charge in [0.05, 0.1) is 37.9 Å². The van der Waals surface area contributed by atoms with Crippen LogP contribution in [0.4, 0.5) is 5.82 Å². The Labute approximate surface area is 158 Å². The van der Waals surface area contributed by atoms with Crippen LogP contribution < -0.4 is 10.1 Å². The molecule has 146 valence electrons. The molecule has 1 aromatic carbocycles. The number of nitrogens with zero attached hydrogens (tertiary/aromatic N) is 2. The lowest BCUT2D eigenvalue weighted by molar-refractivity contribution is 0.339. The Morgan fingerprint density at radius 2 is 2.00 bits per heavy atom. The van der Waals surface area contributed by atoms with Gasteiger partial charge in [-0.15, -0.1) is 0 Å². The van der Waals surface area contributed by atoms with Crippen molar-refractivity contribution in [1.29, 1.82) is 0 Å². The highest BCUT2D eigenvalue weighted by Crippen LogP contribution is 2.63.